The standard InChI is InChI=1S/C13H8ClNO4/c1-17-11-5-8(6-15)4-10(14)12(11)19-13(16)9-2-3-18-7-9/h2-5,7H,1H3. The molecule has 19 heavy (non-hydrogen) atoms. The van der Waals surface area contributed by atoms with Gasteiger partial charge in [-0.1, -0.05) is 11.6 Å². The molecule has 0 aliphatic rings. The highest BCUT2D eigenvalue weighted by Crippen LogP contribution is 2.36. The number of furan rings is 1. The smallest absolute Gasteiger partial charge is 0.346 e. The Morgan fingerprint density at radius 1 is 1.47 bits per heavy atom. The van der Waals surface area contributed by atoms with Gasteiger partial charge in [0.25, 0.3) is 0 Å². The number of methoxy groups -OCH3 is 1. The summed E-state index contributed by atoms with van der Waals surface area (Å²) in [5.74, 6) is -0.353. The van der Waals surface area contributed by atoms with E-state index in [9.17, 15) is 4.79 Å². The quantitative estimate of drug-likeness (QED) is 0.637. The zero-order chi connectivity index (χ0) is 13.8. The van der Waals surface area contributed by atoms with E-state index < -0.39 is 5.97 Å². The Morgan fingerprint density at radius 3 is 2.84 bits per heavy atom. The van der Waals surface area contributed by atoms with Gasteiger partial charge in [-0.25, -0.2) is 4.79 Å². The topological polar surface area (TPSA) is 72.5 Å². The number of carbonyl (C=O) groups is 1. The van der Waals surface area contributed by atoms with Crippen LogP contribution in [0.5, 0.6) is 11.5 Å². The van der Waals surface area contributed by atoms with Crippen LogP contribution >= 0.6 is 11.6 Å². The largest absolute Gasteiger partial charge is 0.493 e. The third-order valence-electron chi connectivity index (χ3n) is 2.31. The molecular weight excluding hydrogens is 270 g/mol. The molecule has 1 aromatic carbocycles. The van der Waals surface area contributed by atoms with E-state index in [1.54, 1.807) is 0 Å². The summed E-state index contributed by atoms with van der Waals surface area (Å²) < 4.78 is 15.0. The van der Waals surface area contributed by atoms with Crippen LogP contribution in [0.25, 0.3) is 0 Å². The van der Waals surface area contributed by atoms with Crippen LogP contribution in [0.3, 0.4) is 0 Å². The second-order valence-electron chi connectivity index (χ2n) is 3.50. The molecule has 2 aromatic rings. The molecule has 0 saturated carbocycles. The monoisotopic (exact) mass is 277 g/mol. The van der Waals surface area contributed by atoms with Gasteiger partial charge in [0, 0.05) is 6.07 Å². The van der Waals surface area contributed by atoms with Crippen LogP contribution in [0.1, 0.15) is 15.9 Å². The minimum atomic E-state index is -0.626. The van der Waals surface area contributed by atoms with Gasteiger partial charge < -0.3 is 13.9 Å². The van der Waals surface area contributed by atoms with Crippen LogP contribution in [0.15, 0.2) is 35.1 Å². The molecule has 6 heteroatoms. The molecule has 0 aliphatic heterocycles. The first-order valence-corrected chi connectivity index (χ1v) is 5.55. The normalized spacial score (nSPS) is 9.74. The average Bonchev–Trinajstić information content (AvgIpc) is 2.94. The van der Waals surface area contributed by atoms with Gasteiger partial charge in [0.2, 0.25) is 0 Å². The molecule has 1 heterocycles. The Balaban J connectivity index is 2.35. The summed E-state index contributed by atoms with van der Waals surface area (Å²) in [7, 11) is 1.39. The van der Waals surface area contributed by atoms with Crippen LogP contribution in [-0.2, 0) is 0 Å². The van der Waals surface area contributed by atoms with Gasteiger partial charge >= 0.3 is 5.97 Å². The van der Waals surface area contributed by atoms with E-state index in [0.29, 0.717) is 5.56 Å². The van der Waals surface area contributed by atoms with Gasteiger partial charge in [-0.05, 0) is 12.1 Å². The molecule has 0 aliphatic carbocycles. The highest BCUT2D eigenvalue weighted by molar-refractivity contribution is 6.32. The summed E-state index contributed by atoms with van der Waals surface area (Å²) in [5.41, 5.74) is 0.562. The highest BCUT2D eigenvalue weighted by Gasteiger charge is 2.17. The lowest BCUT2D eigenvalue weighted by atomic mass is 10.2. The Bertz CT molecular complexity index is 643. The number of esters is 1. The molecule has 2 rings (SSSR count). The van der Waals surface area contributed by atoms with Crippen LogP contribution in [0.4, 0.5) is 0 Å². The maximum Gasteiger partial charge on any atom is 0.346 e. The number of hydrogen-bond donors (Lipinski definition) is 0. The van der Waals surface area contributed by atoms with Crippen LogP contribution in [0.2, 0.25) is 5.02 Å². The van der Waals surface area contributed by atoms with E-state index in [-0.39, 0.29) is 22.1 Å². The zero-order valence-electron chi connectivity index (χ0n) is 9.84. The first-order chi connectivity index (χ1) is 9.15. The van der Waals surface area contributed by atoms with Crippen LogP contribution in [0, 0.1) is 11.3 Å². The fourth-order valence-electron chi connectivity index (χ4n) is 1.42. The molecule has 5 nitrogen and oxygen atoms in total. The molecule has 0 atom stereocenters. The fourth-order valence-corrected chi connectivity index (χ4v) is 1.66. The van der Waals surface area contributed by atoms with Gasteiger partial charge in [0.1, 0.15) is 6.26 Å². The first kappa shape index (κ1) is 13.0. The number of rotatable bonds is 3. The van der Waals surface area contributed by atoms with E-state index in [1.807, 2.05) is 6.07 Å². The fraction of sp³-hybridized carbons (Fsp3) is 0.0769. The number of nitrogens with zero attached hydrogens (tertiary/aromatic N) is 1. The van der Waals surface area contributed by atoms with E-state index in [1.165, 1.54) is 37.8 Å². The van der Waals surface area contributed by atoms with Crippen molar-refractivity contribution in [3.63, 3.8) is 0 Å². The Kier molecular flexibility index (Phi) is 3.74. The number of halogens is 1. The molecular formula is C13H8ClNO4. The van der Waals surface area contributed by atoms with Crippen molar-refractivity contribution in [1.29, 1.82) is 5.26 Å². The maximum atomic E-state index is 11.8. The summed E-state index contributed by atoms with van der Waals surface area (Å²) in [6.45, 7) is 0. The van der Waals surface area contributed by atoms with Gasteiger partial charge in [-0.15, -0.1) is 0 Å². The lowest BCUT2D eigenvalue weighted by Gasteiger charge is -2.10. The van der Waals surface area contributed by atoms with Crippen molar-refractivity contribution >= 4 is 17.6 Å². The second-order valence-corrected chi connectivity index (χ2v) is 3.91. The van der Waals surface area contributed by atoms with Crippen molar-refractivity contribution in [3.8, 4) is 17.6 Å². The number of ether oxygens (including phenoxy) is 2. The van der Waals surface area contributed by atoms with Crippen molar-refractivity contribution in [1.82, 2.24) is 0 Å². The van der Waals surface area contributed by atoms with Crippen molar-refractivity contribution < 1.29 is 18.7 Å². The first-order valence-electron chi connectivity index (χ1n) is 5.17. The third kappa shape index (κ3) is 2.69. The van der Waals surface area contributed by atoms with Gasteiger partial charge in [-0.2, -0.15) is 5.26 Å². The summed E-state index contributed by atoms with van der Waals surface area (Å²) >= 11 is 5.97. The molecule has 0 saturated heterocycles. The minimum Gasteiger partial charge on any atom is -0.493 e. The van der Waals surface area contributed by atoms with E-state index in [4.69, 9.17) is 30.8 Å². The molecule has 1 aromatic heterocycles. The van der Waals surface area contributed by atoms with Crippen molar-refractivity contribution in [2.45, 2.75) is 0 Å². The van der Waals surface area contributed by atoms with Gasteiger partial charge in [0.05, 0.1) is 35.6 Å². The predicted molar refractivity (Wildman–Crippen MR) is 66.4 cm³/mol. The zero-order valence-corrected chi connectivity index (χ0v) is 10.6. The lowest BCUT2D eigenvalue weighted by molar-refractivity contribution is 0.0729. The number of carbonyl (C=O) groups excluding carboxylic acids is 1. The van der Waals surface area contributed by atoms with Crippen molar-refractivity contribution in [3.05, 3.63) is 46.9 Å². The third-order valence-corrected chi connectivity index (χ3v) is 2.59. The van der Waals surface area contributed by atoms with Gasteiger partial charge in [0.15, 0.2) is 11.5 Å². The molecule has 0 unspecified atom stereocenters. The molecule has 0 bridgehead atoms. The number of benzene rings is 1. The Labute approximate surface area is 113 Å². The molecule has 0 amide bonds. The van der Waals surface area contributed by atoms with E-state index in [2.05, 4.69) is 0 Å². The summed E-state index contributed by atoms with van der Waals surface area (Å²) in [4.78, 5) is 11.8. The van der Waals surface area contributed by atoms with E-state index >= 15 is 0 Å². The van der Waals surface area contributed by atoms with Crippen molar-refractivity contribution in [2.75, 3.05) is 7.11 Å². The van der Waals surface area contributed by atoms with Crippen LogP contribution in [-0.4, -0.2) is 13.1 Å². The summed E-state index contributed by atoms with van der Waals surface area (Å²) in [6.07, 6.45) is 2.61. The second kappa shape index (κ2) is 5.46. The number of hydrogen-bond acceptors (Lipinski definition) is 5. The lowest BCUT2D eigenvalue weighted by Crippen LogP contribution is -2.08. The van der Waals surface area contributed by atoms with Crippen molar-refractivity contribution in [2.24, 2.45) is 0 Å². The van der Waals surface area contributed by atoms with Crippen LogP contribution < -0.4 is 9.47 Å². The molecule has 0 fully saturated rings. The molecule has 96 valence electrons. The SMILES string of the molecule is COc1cc(C#N)cc(Cl)c1OC(=O)c1ccoc1. The maximum absolute atomic E-state index is 11.8. The molecule has 0 N–H and O–H groups in total. The minimum absolute atomic E-state index is 0.0642. The molecule has 0 spiro atoms. The number of nitriles is 1. The van der Waals surface area contributed by atoms with E-state index in [0.717, 1.165) is 0 Å². The predicted octanol–water partition coefficient (Wildman–Crippen LogP) is 3.03. The average molecular weight is 278 g/mol. The highest BCUT2D eigenvalue weighted by atomic mass is 35.5. The summed E-state index contributed by atoms with van der Waals surface area (Å²) in [6, 6.07) is 6.22. The van der Waals surface area contributed by atoms with Gasteiger partial charge in [-0.3, -0.25) is 0 Å². The summed E-state index contributed by atoms with van der Waals surface area (Å²) in [5, 5.41) is 8.94. The Hall–Kier alpha value is -2.45. The Morgan fingerprint density at radius 2 is 2.26 bits per heavy atom. The molecule has 0 radical (unpaired) electrons.